The highest BCUT2D eigenvalue weighted by atomic mass is 35.5. The van der Waals surface area contributed by atoms with Crippen LogP contribution in [0.5, 0.6) is 0 Å². The quantitative estimate of drug-likeness (QED) is 0.896. The molecule has 1 saturated heterocycles. The fourth-order valence-electron chi connectivity index (χ4n) is 2.04. The third kappa shape index (κ3) is 2.07. The van der Waals surface area contributed by atoms with E-state index in [9.17, 15) is 4.79 Å². The van der Waals surface area contributed by atoms with E-state index in [0.717, 1.165) is 5.56 Å². The summed E-state index contributed by atoms with van der Waals surface area (Å²) in [6.45, 7) is 0. The molecular formula is C12H13ClN2OS. The van der Waals surface area contributed by atoms with Crippen molar-refractivity contribution < 1.29 is 4.79 Å². The maximum absolute atomic E-state index is 12.1. The fraction of sp³-hybridized carbons (Fsp3) is 0.333. The summed E-state index contributed by atoms with van der Waals surface area (Å²) in [5.74, 6) is 0.0962. The number of likely N-dealkylation sites (N-methyl/N-ethyl adjacent to an activating group) is 1. The number of amidine groups is 1. The number of likely N-dealkylation sites (tertiary alicyclic amines) is 1. The summed E-state index contributed by atoms with van der Waals surface area (Å²) in [6.07, 6.45) is 1.93. The number of halogens is 1. The molecule has 1 fully saturated rings. The van der Waals surface area contributed by atoms with E-state index < -0.39 is 0 Å². The van der Waals surface area contributed by atoms with Gasteiger partial charge in [0.1, 0.15) is 5.84 Å². The van der Waals surface area contributed by atoms with Crippen molar-refractivity contribution in [3.05, 3.63) is 34.9 Å². The van der Waals surface area contributed by atoms with Crippen LogP contribution in [0.2, 0.25) is 5.02 Å². The molecule has 0 aromatic heterocycles. The zero-order valence-electron chi connectivity index (χ0n) is 9.61. The number of nitrogens with zero attached hydrogens (tertiary/aromatic N) is 1. The highest BCUT2D eigenvalue weighted by Crippen LogP contribution is 2.36. The van der Waals surface area contributed by atoms with Gasteiger partial charge in [-0.2, -0.15) is 11.8 Å². The van der Waals surface area contributed by atoms with Crippen LogP contribution in [0.1, 0.15) is 11.5 Å². The minimum Gasteiger partial charge on any atom is -0.302 e. The summed E-state index contributed by atoms with van der Waals surface area (Å²) in [7, 11) is 1.66. The molecule has 2 atom stereocenters. The minimum absolute atomic E-state index is 0.0170. The first-order chi connectivity index (χ1) is 8.06. The molecule has 1 aliphatic rings. The van der Waals surface area contributed by atoms with Crippen molar-refractivity contribution in [2.45, 2.75) is 11.2 Å². The lowest BCUT2D eigenvalue weighted by molar-refractivity contribution is -0.126. The predicted octanol–water partition coefficient (Wildman–Crippen LogP) is 2.60. The van der Waals surface area contributed by atoms with Crippen molar-refractivity contribution >= 4 is 35.1 Å². The van der Waals surface area contributed by atoms with Gasteiger partial charge in [-0.25, -0.2) is 0 Å². The summed E-state index contributed by atoms with van der Waals surface area (Å²) in [4.78, 5) is 13.5. The number of thioether (sulfide) groups is 1. The van der Waals surface area contributed by atoms with Crippen molar-refractivity contribution in [2.75, 3.05) is 13.3 Å². The number of amides is 1. The second-order valence-corrected chi connectivity index (χ2v) is 5.38. The summed E-state index contributed by atoms with van der Waals surface area (Å²) in [5.41, 5.74) is 0.924. The molecule has 90 valence electrons. The number of nitrogens with one attached hydrogen (secondary N) is 1. The maximum Gasteiger partial charge on any atom is 0.236 e. The number of benzene rings is 1. The number of carbonyl (C=O) groups is 1. The molecule has 0 saturated carbocycles. The first-order valence-corrected chi connectivity index (χ1v) is 6.87. The lowest BCUT2D eigenvalue weighted by Crippen LogP contribution is -2.25. The smallest absolute Gasteiger partial charge is 0.236 e. The van der Waals surface area contributed by atoms with E-state index in [1.807, 2.05) is 18.4 Å². The third-order valence-corrected chi connectivity index (χ3v) is 4.27. The van der Waals surface area contributed by atoms with Gasteiger partial charge in [0, 0.05) is 12.1 Å². The topological polar surface area (TPSA) is 44.2 Å². The molecule has 1 amide bonds. The van der Waals surface area contributed by atoms with Gasteiger partial charge >= 0.3 is 0 Å². The summed E-state index contributed by atoms with van der Waals surface area (Å²) in [5, 5.41) is 8.48. The van der Waals surface area contributed by atoms with Crippen molar-refractivity contribution in [1.29, 1.82) is 5.41 Å². The molecule has 0 aliphatic carbocycles. The van der Waals surface area contributed by atoms with Crippen LogP contribution in [0.4, 0.5) is 0 Å². The number of rotatable bonds is 2. The second-order valence-electron chi connectivity index (χ2n) is 3.97. The highest BCUT2D eigenvalue weighted by Gasteiger charge is 2.43. The molecule has 0 bridgehead atoms. The zero-order chi connectivity index (χ0) is 12.6. The van der Waals surface area contributed by atoms with E-state index in [4.69, 9.17) is 17.0 Å². The largest absolute Gasteiger partial charge is 0.302 e. The van der Waals surface area contributed by atoms with Gasteiger partial charge in [0.15, 0.2) is 0 Å². The zero-order valence-corrected chi connectivity index (χ0v) is 11.2. The van der Waals surface area contributed by atoms with Crippen LogP contribution in [-0.2, 0) is 4.79 Å². The summed E-state index contributed by atoms with van der Waals surface area (Å²) >= 11 is 7.37. The molecule has 1 heterocycles. The van der Waals surface area contributed by atoms with Crippen LogP contribution in [0.3, 0.4) is 0 Å². The Morgan fingerprint density at radius 1 is 1.35 bits per heavy atom. The summed E-state index contributed by atoms with van der Waals surface area (Å²) < 4.78 is 0. The molecule has 5 heteroatoms. The van der Waals surface area contributed by atoms with Gasteiger partial charge in [-0.3, -0.25) is 10.2 Å². The third-order valence-electron chi connectivity index (χ3n) is 3.01. The van der Waals surface area contributed by atoms with Crippen LogP contribution in [-0.4, -0.2) is 35.2 Å². The molecule has 1 aliphatic heterocycles. The SMILES string of the molecule is CS[C@@H]1C(=N)N(C)C(=O)[C@@H]1c1ccc(Cl)cc1. The number of hydrogen-bond acceptors (Lipinski definition) is 3. The normalized spacial score (nSPS) is 24.5. The molecule has 17 heavy (non-hydrogen) atoms. The summed E-state index contributed by atoms with van der Waals surface area (Å²) in [6, 6.07) is 7.29. The fourth-order valence-corrected chi connectivity index (χ4v) is 3.09. The van der Waals surface area contributed by atoms with Crippen LogP contribution >= 0.6 is 23.4 Å². The Balaban J connectivity index is 2.39. The van der Waals surface area contributed by atoms with Gasteiger partial charge in [0.05, 0.1) is 11.2 Å². The van der Waals surface area contributed by atoms with Crippen molar-refractivity contribution in [1.82, 2.24) is 4.90 Å². The van der Waals surface area contributed by atoms with E-state index in [2.05, 4.69) is 0 Å². The van der Waals surface area contributed by atoms with Crippen molar-refractivity contribution in [3.63, 3.8) is 0 Å². The number of carbonyl (C=O) groups excluding carboxylic acids is 1. The molecule has 2 rings (SSSR count). The van der Waals surface area contributed by atoms with Gasteiger partial charge in [-0.05, 0) is 24.0 Å². The van der Waals surface area contributed by atoms with E-state index in [1.54, 1.807) is 19.2 Å². The molecule has 0 spiro atoms. The van der Waals surface area contributed by atoms with Gasteiger partial charge in [0.2, 0.25) is 5.91 Å². The Morgan fingerprint density at radius 3 is 2.47 bits per heavy atom. The Labute approximate surface area is 110 Å². The van der Waals surface area contributed by atoms with E-state index in [0.29, 0.717) is 10.9 Å². The first kappa shape index (κ1) is 12.5. The Morgan fingerprint density at radius 2 is 1.94 bits per heavy atom. The lowest BCUT2D eigenvalue weighted by Gasteiger charge is -2.14. The predicted molar refractivity (Wildman–Crippen MR) is 72.0 cm³/mol. The van der Waals surface area contributed by atoms with Crippen LogP contribution in [0.15, 0.2) is 24.3 Å². The molecule has 1 aromatic carbocycles. The molecule has 0 radical (unpaired) electrons. The average Bonchev–Trinajstić information content (AvgIpc) is 2.54. The molecule has 1 aromatic rings. The van der Waals surface area contributed by atoms with Gasteiger partial charge < -0.3 is 4.90 Å². The Kier molecular flexibility index (Phi) is 3.45. The lowest BCUT2D eigenvalue weighted by atomic mass is 9.97. The average molecular weight is 269 g/mol. The van der Waals surface area contributed by atoms with Gasteiger partial charge in [-0.15, -0.1) is 0 Å². The molecule has 1 N–H and O–H groups in total. The maximum atomic E-state index is 12.1. The van der Waals surface area contributed by atoms with Crippen molar-refractivity contribution in [2.24, 2.45) is 0 Å². The van der Waals surface area contributed by atoms with Gasteiger partial charge in [-0.1, -0.05) is 23.7 Å². The van der Waals surface area contributed by atoms with Crippen LogP contribution < -0.4 is 0 Å². The minimum atomic E-state index is -0.264. The Hall–Kier alpha value is -1.00. The van der Waals surface area contributed by atoms with E-state index in [1.165, 1.54) is 16.7 Å². The molecule has 3 nitrogen and oxygen atoms in total. The standard InChI is InChI=1S/C12H13ClN2OS/c1-15-11(14)10(17-2)9(12(15)16)7-3-5-8(13)6-4-7/h3-6,9-10,14H,1-2H3/t9-,10+/m1/s1. The van der Waals surface area contributed by atoms with Crippen LogP contribution in [0, 0.1) is 5.41 Å². The number of hydrogen-bond donors (Lipinski definition) is 1. The first-order valence-electron chi connectivity index (χ1n) is 5.20. The van der Waals surface area contributed by atoms with E-state index >= 15 is 0 Å². The second kappa shape index (κ2) is 4.70. The van der Waals surface area contributed by atoms with Gasteiger partial charge in [0.25, 0.3) is 0 Å². The van der Waals surface area contributed by atoms with Crippen LogP contribution in [0.25, 0.3) is 0 Å². The van der Waals surface area contributed by atoms with E-state index in [-0.39, 0.29) is 17.1 Å². The monoisotopic (exact) mass is 268 g/mol. The van der Waals surface area contributed by atoms with Crippen molar-refractivity contribution in [3.8, 4) is 0 Å². The highest BCUT2D eigenvalue weighted by molar-refractivity contribution is 8.00. The molecular weight excluding hydrogens is 256 g/mol. The molecule has 0 unspecified atom stereocenters. The Bertz CT molecular complexity index is 460.